The van der Waals surface area contributed by atoms with Crippen molar-refractivity contribution in [2.45, 2.75) is 0 Å². The van der Waals surface area contributed by atoms with Crippen LogP contribution < -0.4 is 10.6 Å². The Hall–Kier alpha value is -2.51. The van der Waals surface area contributed by atoms with Crippen LogP contribution in [0.3, 0.4) is 0 Å². The van der Waals surface area contributed by atoms with Crippen LogP contribution in [0.4, 0.5) is 21.0 Å². The molecule has 0 radical (unpaired) electrons. The third kappa shape index (κ3) is 3.82. The quantitative estimate of drug-likeness (QED) is 0.736. The Morgan fingerprint density at radius 3 is 2.87 bits per heavy atom. The lowest BCUT2D eigenvalue weighted by molar-refractivity contribution is 0.102. The summed E-state index contributed by atoms with van der Waals surface area (Å²) in [4.78, 5) is 20.4. The molecule has 0 aliphatic carbocycles. The van der Waals surface area contributed by atoms with Crippen molar-refractivity contribution in [1.82, 2.24) is 9.97 Å². The minimum absolute atomic E-state index is 0.0569. The molecule has 2 aromatic heterocycles. The van der Waals surface area contributed by atoms with Gasteiger partial charge in [0.25, 0.3) is 5.91 Å². The molecule has 0 atom stereocenters. The summed E-state index contributed by atoms with van der Waals surface area (Å²) in [5, 5.41) is 7.73. The zero-order valence-electron chi connectivity index (χ0n) is 11.6. The van der Waals surface area contributed by atoms with Gasteiger partial charge in [-0.1, -0.05) is 17.7 Å². The van der Waals surface area contributed by atoms with Gasteiger partial charge in [-0.3, -0.25) is 4.79 Å². The molecule has 23 heavy (non-hydrogen) atoms. The zero-order valence-corrected chi connectivity index (χ0v) is 13.2. The third-order valence-electron chi connectivity index (χ3n) is 2.81. The number of thiazole rings is 1. The molecule has 0 unspecified atom stereocenters. The van der Waals surface area contributed by atoms with Gasteiger partial charge in [-0.2, -0.15) is 0 Å². The van der Waals surface area contributed by atoms with Crippen LogP contribution in [0.1, 0.15) is 10.5 Å². The SMILES string of the molecule is O=C(Nc1ccc(F)c(Cl)c1)c1csc(Nc2ccccn2)n1. The number of hydrogen-bond donors (Lipinski definition) is 2. The molecule has 3 rings (SSSR count). The maximum atomic E-state index is 13.1. The molecule has 2 heterocycles. The Morgan fingerprint density at radius 1 is 1.26 bits per heavy atom. The molecule has 8 heteroatoms. The van der Waals surface area contributed by atoms with E-state index >= 15 is 0 Å². The molecule has 2 N–H and O–H groups in total. The molecule has 116 valence electrons. The van der Waals surface area contributed by atoms with Crippen molar-refractivity contribution in [3.05, 3.63) is 64.5 Å². The molecule has 0 aliphatic heterocycles. The Kier molecular flexibility index (Phi) is 4.50. The summed E-state index contributed by atoms with van der Waals surface area (Å²) < 4.78 is 13.1. The molecule has 1 amide bonds. The largest absolute Gasteiger partial charge is 0.321 e. The predicted octanol–water partition coefficient (Wildman–Crippen LogP) is 4.33. The van der Waals surface area contributed by atoms with Gasteiger partial charge in [0.1, 0.15) is 17.3 Å². The van der Waals surface area contributed by atoms with E-state index in [0.717, 1.165) is 0 Å². The second-order valence-corrected chi connectivity index (χ2v) is 5.73. The van der Waals surface area contributed by atoms with E-state index in [1.165, 1.54) is 29.5 Å². The van der Waals surface area contributed by atoms with Crippen LogP contribution in [-0.2, 0) is 0 Å². The first-order valence-corrected chi connectivity index (χ1v) is 7.77. The Balaban J connectivity index is 1.69. The first-order valence-electron chi connectivity index (χ1n) is 6.52. The number of nitrogens with zero attached hydrogens (tertiary/aromatic N) is 2. The van der Waals surface area contributed by atoms with Gasteiger partial charge < -0.3 is 10.6 Å². The first kappa shape index (κ1) is 15.4. The van der Waals surface area contributed by atoms with Crippen LogP contribution in [-0.4, -0.2) is 15.9 Å². The number of amides is 1. The van der Waals surface area contributed by atoms with Crippen molar-refractivity contribution >= 4 is 45.5 Å². The van der Waals surface area contributed by atoms with Gasteiger partial charge in [0.05, 0.1) is 5.02 Å². The molecule has 0 saturated carbocycles. The van der Waals surface area contributed by atoms with Crippen molar-refractivity contribution in [2.24, 2.45) is 0 Å². The van der Waals surface area contributed by atoms with Crippen LogP contribution in [0, 0.1) is 5.82 Å². The van der Waals surface area contributed by atoms with E-state index < -0.39 is 11.7 Å². The minimum Gasteiger partial charge on any atom is -0.321 e. The highest BCUT2D eigenvalue weighted by molar-refractivity contribution is 7.14. The highest BCUT2D eigenvalue weighted by atomic mass is 35.5. The molecular weight excluding hydrogens is 339 g/mol. The van der Waals surface area contributed by atoms with Crippen molar-refractivity contribution < 1.29 is 9.18 Å². The van der Waals surface area contributed by atoms with E-state index in [-0.39, 0.29) is 10.7 Å². The number of aromatic nitrogens is 2. The number of benzene rings is 1. The molecule has 0 aliphatic rings. The topological polar surface area (TPSA) is 66.9 Å². The number of rotatable bonds is 4. The van der Waals surface area contributed by atoms with Gasteiger partial charge in [0.15, 0.2) is 5.13 Å². The lowest BCUT2D eigenvalue weighted by Gasteiger charge is -2.04. The van der Waals surface area contributed by atoms with Crippen LogP contribution >= 0.6 is 22.9 Å². The molecule has 1 aromatic carbocycles. The standard InChI is InChI=1S/C15H10ClFN4OS/c16-10-7-9(4-5-11(10)17)19-14(22)12-8-23-15(20-12)21-13-3-1-2-6-18-13/h1-8H,(H,19,22)(H,18,20,21). The summed E-state index contributed by atoms with van der Waals surface area (Å²) in [6.07, 6.45) is 1.65. The minimum atomic E-state index is -0.542. The number of pyridine rings is 1. The highest BCUT2D eigenvalue weighted by Crippen LogP contribution is 2.22. The van der Waals surface area contributed by atoms with E-state index in [2.05, 4.69) is 20.6 Å². The third-order valence-corrected chi connectivity index (χ3v) is 3.86. The van der Waals surface area contributed by atoms with E-state index in [4.69, 9.17) is 11.6 Å². The van der Waals surface area contributed by atoms with Gasteiger partial charge in [-0.25, -0.2) is 14.4 Å². The zero-order chi connectivity index (χ0) is 16.2. The summed E-state index contributed by atoms with van der Waals surface area (Å²) in [5.74, 6) is -0.308. The number of carbonyl (C=O) groups is 1. The van der Waals surface area contributed by atoms with E-state index in [1.54, 1.807) is 23.7 Å². The van der Waals surface area contributed by atoms with Gasteiger partial charge in [0.2, 0.25) is 0 Å². The fourth-order valence-corrected chi connectivity index (χ4v) is 2.63. The molecule has 0 spiro atoms. The monoisotopic (exact) mass is 348 g/mol. The first-order chi connectivity index (χ1) is 11.1. The number of carbonyl (C=O) groups excluding carboxylic acids is 1. The van der Waals surface area contributed by atoms with E-state index in [0.29, 0.717) is 16.6 Å². The van der Waals surface area contributed by atoms with Gasteiger partial charge in [0, 0.05) is 17.3 Å². The second kappa shape index (κ2) is 6.72. The van der Waals surface area contributed by atoms with Gasteiger partial charge in [-0.05, 0) is 30.3 Å². The molecule has 3 aromatic rings. The average Bonchev–Trinajstić information content (AvgIpc) is 3.00. The number of hydrogen-bond acceptors (Lipinski definition) is 5. The summed E-state index contributed by atoms with van der Waals surface area (Å²) in [7, 11) is 0. The smallest absolute Gasteiger partial charge is 0.275 e. The van der Waals surface area contributed by atoms with Crippen molar-refractivity contribution in [1.29, 1.82) is 0 Å². The molecular formula is C15H10ClFN4OS. The lowest BCUT2D eigenvalue weighted by atomic mass is 10.3. The molecule has 0 saturated heterocycles. The van der Waals surface area contributed by atoms with Crippen molar-refractivity contribution in [3.8, 4) is 0 Å². The van der Waals surface area contributed by atoms with Crippen molar-refractivity contribution in [3.63, 3.8) is 0 Å². The summed E-state index contributed by atoms with van der Waals surface area (Å²) in [6.45, 7) is 0. The number of nitrogens with one attached hydrogen (secondary N) is 2. The van der Waals surface area contributed by atoms with Gasteiger partial charge in [-0.15, -0.1) is 11.3 Å². The highest BCUT2D eigenvalue weighted by Gasteiger charge is 2.12. The normalized spacial score (nSPS) is 10.3. The molecule has 0 bridgehead atoms. The van der Waals surface area contributed by atoms with Crippen LogP contribution in [0.2, 0.25) is 5.02 Å². The van der Waals surface area contributed by atoms with E-state index in [1.807, 2.05) is 6.07 Å². The maximum absolute atomic E-state index is 13.1. The summed E-state index contributed by atoms with van der Waals surface area (Å²) >= 11 is 6.96. The van der Waals surface area contributed by atoms with Gasteiger partial charge >= 0.3 is 0 Å². The fourth-order valence-electron chi connectivity index (χ4n) is 1.75. The van der Waals surface area contributed by atoms with Crippen LogP contribution in [0.5, 0.6) is 0 Å². The average molecular weight is 349 g/mol. The Bertz CT molecular complexity index is 841. The second-order valence-electron chi connectivity index (χ2n) is 4.46. The number of anilines is 3. The lowest BCUT2D eigenvalue weighted by Crippen LogP contribution is -2.12. The molecule has 5 nitrogen and oxygen atoms in total. The van der Waals surface area contributed by atoms with Crippen LogP contribution in [0.25, 0.3) is 0 Å². The maximum Gasteiger partial charge on any atom is 0.275 e. The summed E-state index contributed by atoms with van der Waals surface area (Å²) in [5.41, 5.74) is 0.641. The van der Waals surface area contributed by atoms with Crippen molar-refractivity contribution in [2.75, 3.05) is 10.6 Å². The number of halogens is 2. The van der Waals surface area contributed by atoms with Crippen LogP contribution in [0.15, 0.2) is 48.0 Å². The predicted molar refractivity (Wildman–Crippen MR) is 89.0 cm³/mol. The molecule has 0 fully saturated rings. The summed E-state index contributed by atoms with van der Waals surface area (Å²) in [6, 6.07) is 9.40. The van der Waals surface area contributed by atoms with E-state index in [9.17, 15) is 9.18 Å². The Labute approximate surface area is 140 Å². The Morgan fingerprint density at radius 2 is 2.13 bits per heavy atom. The fraction of sp³-hybridized carbons (Fsp3) is 0.